The number of halogens is 1. The van der Waals surface area contributed by atoms with Crippen LogP contribution >= 0.6 is 0 Å². The average molecular weight is 270 g/mol. The molecule has 0 radical (unpaired) electrons. The lowest BCUT2D eigenvalue weighted by molar-refractivity contribution is 0.414. The van der Waals surface area contributed by atoms with E-state index in [-0.39, 0.29) is 5.82 Å². The third-order valence-electron chi connectivity index (χ3n) is 2.93. The third-order valence-corrected chi connectivity index (χ3v) is 2.93. The number of benzene rings is 2. The van der Waals surface area contributed by atoms with Crippen molar-refractivity contribution in [3.8, 4) is 11.8 Å². The molecule has 0 bridgehead atoms. The van der Waals surface area contributed by atoms with E-state index >= 15 is 0 Å². The molecule has 20 heavy (non-hydrogen) atoms. The summed E-state index contributed by atoms with van der Waals surface area (Å²) in [5.74, 6) is 0.408. The van der Waals surface area contributed by atoms with Crippen molar-refractivity contribution in [3.05, 3.63) is 59.4 Å². The fourth-order valence-corrected chi connectivity index (χ4v) is 1.97. The van der Waals surface area contributed by atoms with Gasteiger partial charge in [0.2, 0.25) is 0 Å². The van der Waals surface area contributed by atoms with Crippen LogP contribution in [0.2, 0.25) is 0 Å². The van der Waals surface area contributed by atoms with Gasteiger partial charge in [0.25, 0.3) is 0 Å². The van der Waals surface area contributed by atoms with Gasteiger partial charge in [0.1, 0.15) is 17.6 Å². The van der Waals surface area contributed by atoms with E-state index in [1.165, 1.54) is 12.1 Å². The summed E-state index contributed by atoms with van der Waals surface area (Å²) in [4.78, 5) is 0. The van der Waals surface area contributed by atoms with E-state index in [1.807, 2.05) is 19.1 Å². The van der Waals surface area contributed by atoms with Gasteiger partial charge in [-0.3, -0.25) is 0 Å². The van der Waals surface area contributed by atoms with Crippen molar-refractivity contribution in [1.82, 2.24) is 0 Å². The van der Waals surface area contributed by atoms with E-state index in [2.05, 4.69) is 11.4 Å². The van der Waals surface area contributed by atoms with Crippen molar-refractivity contribution < 1.29 is 9.13 Å². The number of aryl methyl sites for hydroxylation is 1. The highest BCUT2D eigenvalue weighted by atomic mass is 19.1. The standard InChI is InChI=1S/C16H15FN2O/c1-11-7-13(17)9-14(8-11)19-16(10-18)12-3-5-15(20-2)6-4-12/h3-9,16,19H,1-2H3. The minimum Gasteiger partial charge on any atom is -0.497 e. The molecule has 0 aliphatic rings. The van der Waals surface area contributed by atoms with Gasteiger partial charge in [-0.2, -0.15) is 5.26 Å². The quantitative estimate of drug-likeness (QED) is 0.918. The number of ether oxygens (including phenoxy) is 1. The predicted molar refractivity (Wildman–Crippen MR) is 76.1 cm³/mol. The van der Waals surface area contributed by atoms with Gasteiger partial charge in [0.05, 0.1) is 13.2 Å². The number of rotatable bonds is 4. The molecule has 2 aromatic rings. The summed E-state index contributed by atoms with van der Waals surface area (Å²) in [6.07, 6.45) is 0. The molecule has 3 nitrogen and oxygen atoms in total. The smallest absolute Gasteiger partial charge is 0.140 e. The first-order valence-electron chi connectivity index (χ1n) is 6.19. The largest absolute Gasteiger partial charge is 0.497 e. The maximum atomic E-state index is 13.3. The summed E-state index contributed by atoms with van der Waals surface area (Å²) in [7, 11) is 1.59. The molecule has 0 heterocycles. The van der Waals surface area contributed by atoms with Gasteiger partial charge in [0.15, 0.2) is 0 Å². The summed E-state index contributed by atoms with van der Waals surface area (Å²) in [5.41, 5.74) is 2.19. The zero-order valence-corrected chi connectivity index (χ0v) is 11.4. The zero-order chi connectivity index (χ0) is 14.5. The SMILES string of the molecule is COc1ccc(C(C#N)Nc2cc(C)cc(F)c2)cc1. The Labute approximate surface area is 117 Å². The average Bonchev–Trinajstić information content (AvgIpc) is 2.44. The van der Waals surface area contributed by atoms with Gasteiger partial charge >= 0.3 is 0 Å². The summed E-state index contributed by atoms with van der Waals surface area (Å²) < 4.78 is 18.4. The van der Waals surface area contributed by atoms with Gasteiger partial charge in [0, 0.05) is 5.69 Å². The fourth-order valence-electron chi connectivity index (χ4n) is 1.97. The van der Waals surface area contributed by atoms with Crippen molar-refractivity contribution in [2.75, 3.05) is 12.4 Å². The lowest BCUT2D eigenvalue weighted by Crippen LogP contribution is -2.08. The number of methoxy groups -OCH3 is 1. The Kier molecular flexibility index (Phi) is 4.21. The molecule has 0 saturated heterocycles. The van der Waals surface area contributed by atoms with Crippen LogP contribution in [0.5, 0.6) is 5.75 Å². The topological polar surface area (TPSA) is 45.0 Å². The zero-order valence-electron chi connectivity index (χ0n) is 11.4. The van der Waals surface area contributed by atoms with Gasteiger partial charge in [-0.05, 0) is 48.4 Å². The van der Waals surface area contributed by atoms with Crippen LogP contribution in [-0.2, 0) is 0 Å². The van der Waals surface area contributed by atoms with Crippen LogP contribution in [0.4, 0.5) is 10.1 Å². The highest BCUT2D eigenvalue weighted by Crippen LogP contribution is 2.22. The molecule has 0 aliphatic carbocycles. The second-order valence-electron chi connectivity index (χ2n) is 4.50. The number of nitrogens with zero attached hydrogens (tertiary/aromatic N) is 1. The van der Waals surface area contributed by atoms with Crippen LogP contribution in [0.1, 0.15) is 17.2 Å². The first-order valence-corrected chi connectivity index (χ1v) is 6.19. The first kappa shape index (κ1) is 13.9. The van der Waals surface area contributed by atoms with Crippen LogP contribution < -0.4 is 10.1 Å². The summed E-state index contributed by atoms with van der Waals surface area (Å²) >= 11 is 0. The molecule has 1 atom stereocenters. The van der Waals surface area contributed by atoms with Crippen LogP contribution in [0.15, 0.2) is 42.5 Å². The molecule has 0 fully saturated rings. The van der Waals surface area contributed by atoms with Gasteiger partial charge in [-0.25, -0.2) is 4.39 Å². The maximum Gasteiger partial charge on any atom is 0.140 e. The molecule has 2 aromatic carbocycles. The summed E-state index contributed by atoms with van der Waals surface area (Å²) in [5, 5.41) is 12.3. The Bertz CT molecular complexity index is 612. The normalized spacial score (nSPS) is 11.5. The molecule has 0 aliphatic heterocycles. The Morgan fingerprint density at radius 1 is 1.20 bits per heavy atom. The van der Waals surface area contributed by atoms with Crippen molar-refractivity contribution in [1.29, 1.82) is 5.26 Å². The first-order chi connectivity index (χ1) is 9.62. The molecule has 0 amide bonds. The minimum atomic E-state index is -0.540. The van der Waals surface area contributed by atoms with Crippen LogP contribution in [-0.4, -0.2) is 7.11 Å². The molecule has 0 aromatic heterocycles. The van der Waals surface area contributed by atoms with Gasteiger partial charge < -0.3 is 10.1 Å². The summed E-state index contributed by atoms with van der Waals surface area (Å²) in [6, 6.07) is 13.5. The van der Waals surface area contributed by atoms with Crippen molar-refractivity contribution in [3.63, 3.8) is 0 Å². The molecule has 2 rings (SSSR count). The molecular formula is C16H15FN2O. The minimum absolute atomic E-state index is 0.320. The number of nitrogens with one attached hydrogen (secondary N) is 1. The van der Waals surface area contributed by atoms with Crippen molar-refractivity contribution in [2.45, 2.75) is 13.0 Å². The lowest BCUT2D eigenvalue weighted by atomic mass is 10.1. The second-order valence-corrected chi connectivity index (χ2v) is 4.50. The van der Waals surface area contributed by atoms with E-state index in [0.717, 1.165) is 16.9 Å². The van der Waals surface area contributed by atoms with E-state index in [1.54, 1.807) is 25.3 Å². The number of hydrogen-bond acceptors (Lipinski definition) is 3. The Balaban J connectivity index is 2.22. The van der Waals surface area contributed by atoms with Crippen LogP contribution in [0, 0.1) is 24.1 Å². The molecule has 4 heteroatoms. The Hall–Kier alpha value is -2.54. The monoisotopic (exact) mass is 270 g/mol. The predicted octanol–water partition coefficient (Wildman–Crippen LogP) is 3.82. The van der Waals surface area contributed by atoms with E-state index in [0.29, 0.717) is 5.69 Å². The van der Waals surface area contributed by atoms with E-state index in [9.17, 15) is 9.65 Å². The second kappa shape index (κ2) is 6.07. The third kappa shape index (κ3) is 3.27. The van der Waals surface area contributed by atoms with Crippen molar-refractivity contribution >= 4 is 5.69 Å². The molecule has 0 spiro atoms. The lowest BCUT2D eigenvalue weighted by Gasteiger charge is -2.14. The molecule has 0 saturated carbocycles. The fraction of sp³-hybridized carbons (Fsp3) is 0.188. The van der Waals surface area contributed by atoms with E-state index in [4.69, 9.17) is 4.74 Å². The van der Waals surface area contributed by atoms with Crippen LogP contribution in [0.3, 0.4) is 0 Å². The Morgan fingerprint density at radius 2 is 1.90 bits per heavy atom. The highest BCUT2D eigenvalue weighted by molar-refractivity contribution is 5.50. The van der Waals surface area contributed by atoms with E-state index < -0.39 is 6.04 Å². The summed E-state index contributed by atoms with van der Waals surface area (Å²) in [6.45, 7) is 1.81. The molecule has 1 N–H and O–H groups in total. The van der Waals surface area contributed by atoms with Crippen LogP contribution in [0.25, 0.3) is 0 Å². The molecular weight excluding hydrogens is 255 g/mol. The van der Waals surface area contributed by atoms with Gasteiger partial charge in [-0.1, -0.05) is 12.1 Å². The Morgan fingerprint density at radius 3 is 2.45 bits per heavy atom. The van der Waals surface area contributed by atoms with Crippen molar-refractivity contribution in [2.24, 2.45) is 0 Å². The molecule has 1 unspecified atom stereocenters. The van der Waals surface area contributed by atoms with Gasteiger partial charge in [-0.15, -0.1) is 0 Å². The molecule has 102 valence electrons. The number of anilines is 1. The maximum absolute atomic E-state index is 13.3. The number of hydrogen-bond donors (Lipinski definition) is 1. The number of nitriles is 1. The highest BCUT2D eigenvalue weighted by Gasteiger charge is 2.11.